The highest BCUT2D eigenvalue weighted by atomic mass is 28.3. The van der Waals surface area contributed by atoms with Crippen LogP contribution in [0.25, 0.3) is 0 Å². The van der Waals surface area contributed by atoms with Crippen LogP contribution >= 0.6 is 0 Å². The number of Topliss-reactive ketones (excluding diaryl/α,β-unsaturated/α-hetero) is 1. The normalized spacial score (nSPS) is 15.7. The maximum atomic E-state index is 10.8. The van der Waals surface area contributed by atoms with Crippen LogP contribution in [0.15, 0.2) is 4.99 Å². The Bertz CT molecular complexity index is 215. The van der Waals surface area contributed by atoms with E-state index < -0.39 is 8.07 Å². The maximum Gasteiger partial charge on any atom is 0.135 e. The van der Waals surface area contributed by atoms with Gasteiger partial charge in [-0.15, -0.1) is 0 Å². The number of carbonyl (C=O) groups is 1. The van der Waals surface area contributed by atoms with Crippen molar-refractivity contribution in [3.63, 3.8) is 0 Å². The zero-order valence-corrected chi connectivity index (χ0v) is 10.6. The lowest BCUT2D eigenvalue weighted by Crippen LogP contribution is -2.35. The number of ketones is 1. The smallest absolute Gasteiger partial charge is 0.135 e. The van der Waals surface area contributed by atoms with Gasteiger partial charge in [-0.2, -0.15) is 0 Å². The largest absolute Gasteiger partial charge is 0.300 e. The van der Waals surface area contributed by atoms with E-state index in [2.05, 4.69) is 31.6 Å². The molecule has 1 unspecified atom stereocenters. The van der Waals surface area contributed by atoms with Crippen molar-refractivity contribution in [3.8, 4) is 0 Å². The summed E-state index contributed by atoms with van der Waals surface area (Å²) in [4.78, 5) is 15.4. The number of hydrogen-bond donors (Lipinski definition) is 0. The van der Waals surface area contributed by atoms with E-state index in [1.54, 1.807) is 6.92 Å². The second kappa shape index (κ2) is 4.70. The number of rotatable bonds is 4. The molecule has 0 aliphatic rings. The fraction of sp³-hybridized carbons (Fsp3) is 0.800. The Balaban J connectivity index is 4.30. The van der Waals surface area contributed by atoms with Gasteiger partial charge in [-0.3, -0.25) is 9.79 Å². The van der Waals surface area contributed by atoms with Crippen molar-refractivity contribution in [1.29, 1.82) is 0 Å². The zero-order chi connectivity index (χ0) is 10.6. The SMILES string of the molecule is CC(=O)C/C(C)=N/C(C)[Si](C)(C)C. The zero-order valence-electron chi connectivity index (χ0n) is 9.64. The van der Waals surface area contributed by atoms with Crippen LogP contribution in [-0.2, 0) is 4.79 Å². The Morgan fingerprint density at radius 2 is 1.77 bits per heavy atom. The van der Waals surface area contributed by atoms with Crippen molar-refractivity contribution in [2.24, 2.45) is 4.99 Å². The second-order valence-corrected chi connectivity index (χ2v) is 10.4. The van der Waals surface area contributed by atoms with Crippen LogP contribution in [0.5, 0.6) is 0 Å². The van der Waals surface area contributed by atoms with Crippen LogP contribution in [0.1, 0.15) is 27.2 Å². The first-order valence-electron chi connectivity index (χ1n) is 4.76. The van der Waals surface area contributed by atoms with Crippen LogP contribution in [0, 0.1) is 0 Å². The number of nitrogens with zero attached hydrogens (tertiary/aromatic N) is 1. The van der Waals surface area contributed by atoms with E-state index in [0.29, 0.717) is 12.1 Å². The molecule has 13 heavy (non-hydrogen) atoms. The first kappa shape index (κ1) is 12.6. The molecule has 0 aliphatic heterocycles. The molecule has 3 heteroatoms. The van der Waals surface area contributed by atoms with Crippen LogP contribution in [0.2, 0.25) is 19.6 Å². The van der Waals surface area contributed by atoms with Gasteiger partial charge in [-0.25, -0.2) is 0 Å². The van der Waals surface area contributed by atoms with E-state index >= 15 is 0 Å². The Morgan fingerprint density at radius 1 is 1.31 bits per heavy atom. The molecule has 0 saturated carbocycles. The third-order valence-electron chi connectivity index (χ3n) is 2.17. The van der Waals surface area contributed by atoms with Gasteiger partial charge in [0.25, 0.3) is 0 Å². The van der Waals surface area contributed by atoms with Crippen LogP contribution in [0.3, 0.4) is 0 Å². The van der Waals surface area contributed by atoms with Gasteiger partial charge in [0.15, 0.2) is 0 Å². The highest BCUT2D eigenvalue weighted by Crippen LogP contribution is 2.11. The summed E-state index contributed by atoms with van der Waals surface area (Å²) in [6.45, 7) is 12.6. The summed E-state index contributed by atoms with van der Waals surface area (Å²) in [5.41, 5.74) is 1.38. The Morgan fingerprint density at radius 3 is 2.08 bits per heavy atom. The predicted molar refractivity (Wildman–Crippen MR) is 61.2 cm³/mol. The van der Waals surface area contributed by atoms with Gasteiger partial charge in [-0.1, -0.05) is 19.6 Å². The Hall–Kier alpha value is -0.443. The maximum absolute atomic E-state index is 10.8. The highest BCUT2D eigenvalue weighted by molar-refractivity contribution is 6.77. The minimum Gasteiger partial charge on any atom is -0.300 e. The standard InChI is InChI=1S/C10H21NOSi/c1-8(7-9(2)12)11-10(3)13(4,5)6/h10H,7H2,1-6H3/b11-8+. The average Bonchev–Trinajstić information content (AvgIpc) is 1.82. The summed E-state index contributed by atoms with van der Waals surface area (Å²) in [5.74, 6) is 0.198. The molecule has 76 valence electrons. The molecule has 0 fully saturated rings. The van der Waals surface area contributed by atoms with E-state index in [1.807, 2.05) is 6.92 Å². The van der Waals surface area contributed by atoms with Crippen molar-refractivity contribution in [3.05, 3.63) is 0 Å². The van der Waals surface area contributed by atoms with Crippen molar-refractivity contribution in [2.75, 3.05) is 0 Å². The molecule has 0 aromatic rings. The monoisotopic (exact) mass is 199 g/mol. The van der Waals surface area contributed by atoms with Crippen molar-refractivity contribution < 1.29 is 4.79 Å². The molecule has 0 heterocycles. The predicted octanol–water partition coefficient (Wildman–Crippen LogP) is 2.69. The molecule has 0 spiro atoms. The summed E-state index contributed by atoms with van der Waals surface area (Å²) in [7, 11) is -1.17. The molecule has 0 aliphatic carbocycles. The van der Waals surface area contributed by atoms with Gasteiger partial charge in [0, 0.05) is 17.8 Å². The molecule has 0 bridgehead atoms. The minimum absolute atomic E-state index is 0.198. The molecular weight excluding hydrogens is 178 g/mol. The number of carbonyl (C=O) groups excluding carboxylic acids is 1. The molecule has 0 aromatic carbocycles. The van der Waals surface area contributed by atoms with Crippen LogP contribution in [0.4, 0.5) is 0 Å². The van der Waals surface area contributed by atoms with E-state index in [1.165, 1.54) is 0 Å². The Labute approximate surface area is 82.5 Å². The summed E-state index contributed by atoms with van der Waals surface area (Å²) >= 11 is 0. The molecular formula is C10H21NOSi. The molecule has 0 radical (unpaired) electrons. The van der Waals surface area contributed by atoms with Gasteiger partial charge in [0.05, 0.1) is 8.07 Å². The van der Waals surface area contributed by atoms with E-state index in [9.17, 15) is 4.79 Å². The molecule has 0 saturated heterocycles. The summed E-state index contributed by atoms with van der Waals surface area (Å²) in [5, 5.41) is 0. The topological polar surface area (TPSA) is 29.4 Å². The lowest BCUT2D eigenvalue weighted by Gasteiger charge is -2.21. The third kappa shape index (κ3) is 5.74. The van der Waals surface area contributed by atoms with Crippen molar-refractivity contribution in [1.82, 2.24) is 0 Å². The summed E-state index contributed by atoms with van der Waals surface area (Å²) < 4.78 is 0. The van der Waals surface area contributed by atoms with E-state index in [0.717, 1.165) is 5.71 Å². The average molecular weight is 199 g/mol. The highest BCUT2D eigenvalue weighted by Gasteiger charge is 2.21. The van der Waals surface area contributed by atoms with Crippen LogP contribution < -0.4 is 0 Å². The lowest BCUT2D eigenvalue weighted by molar-refractivity contribution is -0.115. The number of hydrogen-bond acceptors (Lipinski definition) is 2. The van der Waals surface area contributed by atoms with Gasteiger partial charge in [0.1, 0.15) is 5.78 Å². The van der Waals surface area contributed by atoms with Crippen molar-refractivity contribution >= 4 is 19.6 Å². The number of aliphatic imine (C=N–C) groups is 1. The first-order chi connectivity index (χ1) is 5.73. The van der Waals surface area contributed by atoms with Gasteiger partial charge in [-0.05, 0) is 20.8 Å². The minimum atomic E-state index is -1.17. The summed E-state index contributed by atoms with van der Waals surface area (Å²) in [6, 6.07) is 0. The molecule has 0 aromatic heterocycles. The molecule has 0 rings (SSSR count). The molecule has 0 N–H and O–H groups in total. The van der Waals surface area contributed by atoms with Gasteiger partial charge < -0.3 is 0 Å². The van der Waals surface area contributed by atoms with Gasteiger partial charge >= 0.3 is 0 Å². The first-order valence-corrected chi connectivity index (χ1v) is 8.34. The Kier molecular flexibility index (Phi) is 4.54. The van der Waals surface area contributed by atoms with Crippen LogP contribution in [-0.4, -0.2) is 25.2 Å². The molecule has 1 atom stereocenters. The third-order valence-corrected chi connectivity index (χ3v) is 4.81. The fourth-order valence-electron chi connectivity index (χ4n) is 0.930. The molecule has 0 amide bonds. The lowest BCUT2D eigenvalue weighted by atomic mass is 10.2. The van der Waals surface area contributed by atoms with E-state index in [4.69, 9.17) is 0 Å². The summed E-state index contributed by atoms with van der Waals surface area (Å²) in [6.07, 6.45) is 0.509. The quantitative estimate of drug-likeness (QED) is 0.505. The van der Waals surface area contributed by atoms with E-state index in [-0.39, 0.29) is 5.78 Å². The van der Waals surface area contributed by atoms with Crippen molar-refractivity contribution in [2.45, 2.75) is 52.5 Å². The molecule has 2 nitrogen and oxygen atoms in total. The van der Waals surface area contributed by atoms with Gasteiger partial charge in [0.2, 0.25) is 0 Å². The fourth-order valence-corrected chi connectivity index (χ4v) is 1.54. The second-order valence-electron chi connectivity index (χ2n) is 4.79.